The lowest BCUT2D eigenvalue weighted by Crippen LogP contribution is -2.31. The fourth-order valence-corrected chi connectivity index (χ4v) is 4.07. The number of carbonyl (C=O) groups excluding carboxylic acids is 1. The highest BCUT2D eigenvalue weighted by atomic mass is 32.2. The van der Waals surface area contributed by atoms with Crippen LogP contribution in [0.5, 0.6) is 5.75 Å². The van der Waals surface area contributed by atoms with Crippen molar-refractivity contribution in [3.05, 3.63) is 54.1 Å². The third-order valence-corrected chi connectivity index (χ3v) is 6.07. The van der Waals surface area contributed by atoms with Crippen LogP contribution in [0.2, 0.25) is 0 Å². The molecule has 162 valence electrons. The zero-order chi connectivity index (χ0) is 21.6. The summed E-state index contributed by atoms with van der Waals surface area (Å²) >= 11 is 0. The molecule has 1 heterocycles. The van der Waals surface area contributed by atoms with Gasteiger partial charge in [-0.2, -0.15) is 0 Å². The summed E-state index contributed by atoms with van der Waals surface area (Å²) in [6, 6.07) is 13.0. The highest BCUT2D eigenvalue weighted by molar-refractivity contribution is 7.89. The molecule has 0 aromatic heterocycles. The van der Waals surface area contributed by atoms with Gasteiger partial charge in [-0.25, -0.2) is 13.1 Å². The van der Waals surface area contributed by atoms with Crippen LogP contribution in [-0.4, -0.2) is 40.2 Å². The second kappa shape index (κ2) is 10.1. The predicted octanol–water partition coefficient (Wildman–Crippen LogP) is 3.43. The smallest absolute Gasteiger partial charge is 0.255 e. The maximum atomic E-state index is 12.5. The van der Waals surface area contributed by atoms with Gasteiger partial charge in [-0.1, -0.05) is 19.9 Å². The van der Waals surface area contributed by atoms with Gasteiger partial charge in [0.1, 0.15) is 5.75 Å². The van der Waals surface area contributed by atoms with Crippen LogP contribution >= 0.6 is 0 Å². The van der Waals surface area contributed by atoms with Gasteiger partial charge in [0.05, 0.1) is 17.6 Å². The molecule has 0 radical (unpaired) electrons. The van der Waals surface area contributed by atoms with E-state index in [1.54, 1.807) is 30.3 Å². The van der Waals surface area contributed by atoms with Crippen LogP contribution in [-0.2, 0) is 14.8 Å². The van der Waals surface area contributed by atoms with Gasteiger partial charge < -0.3 is 14.8 Å². The van der Waals surface area contributed by atoms with Crippen molar-refractivity contribution in [2.45, 2.75) is 37.7 Å². The zero-order valence-corrected chi connectivity index (χ0v) is 18.1. The second-order valence-electron chi connectivity index (χ2n) is 7.70. The van der Waals surface area contributed by atoms with Gasteiger partial charge in [0, 0.05) is 24.4 Å². The molecule has 1 saturated heterocycles. The van der Waals surface area contributed by atoms with Crippen LogP contribution < -0.4 is 14.8 Å². The predicted molar refractivity (Wildman–Crippen MR) is 115 cm³/mol. The number of rotatable bonds is 9. The molecule has 0 saturated carbocycles. The van der Waals surface area contributed by atoms with Gasteiger partial charge in [-0.05, 0) is 61.2 Å². The number of benzene rings is 2. The van der Waals surface area contributed by atoms with Crippen LogP contribution in [0, 0.1) is 5.92 Å². The highest BCUT2D eigenvalue weighted by Gasteiger charge is 2.20. The molecule has 7 nitrogen and oxygen atoms in total. The number of sulfonamides is 1. The van der Waals surface area contributed by atoms with Gasteiger partial charge >= 0.3 is 0 Å². The van der Waals surface area contributed by atoms with Crippen molar-refractivity contribution in [1.82, 2.24) is 4.72 Å². The normalized spacial score (nSPS) is 16.6. The Morgan fingerprint density at radius 1 is 1.20 bits per heavy atom. The molecule has 2 N–H and O–H groups in total. The van der Waals surface area contributed by atoms with Gasteiger partial charge in [0.15, 0.2) is 0 Å². The second-order valence-corrected chi connectivity index (χ2v) is 9.47. The van der Waals surface area contributed by atoms with Crippen molar-refractivity contribution in [3.8, 4) is 5.75 Å². The number of ether oxygens (including phenoxy) is 2. The third-order valence-electron chi connectivity index (χ3n) is 4.63. The maximum Gasteiger partial charge on any atom is 0.255 e. The van der Waals surface area contributed by atoms with Crippen molar-refractivity contribution in [1.29, 1.82) is 0 Å². The van der Waals surface area contributed by atoms with E-state index in [2.05, 4.69) is 23.9 Å². The van der Waals surface area contributed by atoms with Crippen molar-refractivity contribution >= 4 is 21.6 Å². The Morgan fingerprint density at radius 2 is 1.97 bits per heavy atom. The third kappa shape index (κ3) is 6.29. The molecule has 1 atom stereocenters. The molecule has 1 fully saturated rings. The van der Waals surface area contributed by atoms with E-state index >= 15 is 0 Å². The molecule has 3 rings (SSSR count). The van der Waals surface area contributed by atoms with Crippen LogP contribution in [0.3, 0.4) is 0 Å². The Balaban J connectivity index is 1.59. The van der Waals surface area contributed by atoms with Gasteiger partial charge in [0.25, 0.3) is 5.91 Å². The summed E-state index contributed by atoms with van der Waals surface area (Å²) in [6.45, 7) is 5.61. The van der Waals surface area contributed by atoms with E-state index in [1.165, 1.54) is 12.1 Å². The summed E-state index contributed by atoms with van der Waals surface area (Å²) in [6.07, 6.45) is 1.74. The molecular weight excluding hydrogens is 404 g/mol. The molecule has 0 aliphatic carbocycles. The largest absolute Gasteiger partial charge is 0.493 e. The first-order valence-corrected chi connectivity index (χ1v) is 11.6. The number of hydrogen-bond acceptors (Lipinski definition) is 5. The number of hydrogen-bond donors (Lipinski definition) is 2. The fraction of sp³-hybridized carbons (Fsp3) is 0.409. The summed E-state index contributed by atoms with van der Waals surface area (Å²) in [5.74, 6) is 0.727. The van der Waals surface area contributed by atoms with Crippen LogP contribution in [0.4, 0.5) is 5.69 Å². The summed E-state index contributed by atoms with van der Waals surface area (Å²) in [5.41, 5.74) is 0.970. The number of anilines is 1. The minimum Gasteiger partial charge on any atom is -0.493 e. The molecule has 1 aliphatic rings. The van der Waals surface area contributed by atoms with Crippen LogP contribution in [0.15, 0.2) is 53.4 Å². The maximum absolute atomic E-state index is 12.5. The van der Waals surface area contributed by atoms with E-state index in [0.717, 1.165) is 12.8 Å². The molecule has 1 amide bonds. The summed E-state index contributed by atoms with van der Waals surface area (Å²) in [7, 11) is -3.62. The molecule has 30 heavy (non-hydrogen) atoms. The van der Waals surface area contributed by atoms with E-state index in [1.807, 2.05) is 6.07 Å². The number of amides is 1. The van der Waals surface area contributed by atoms with Gasteiger partial charge in [-0.15, -0.1) is 0 Å². The van der Waals surface area contributed by atoms with Gasteiger partial charge in [-0.3, -0.25) is 4.79 Å². The van der Waals surface area contributed by atoms with Crippen molar-refractivity contribution in [2.75, 3.05) is 25.1 Å². The lowest BCUT2D eigenvalue weighted by atomic mass is 10.2. The Kier molecular flexibility index (Phi) is 7.47. The van der Waals surface area contributed by atoms with Crippen molar-refractivity contribution in [3.63, 3.8) is 0 Å². The van der Waals surface area contributed by atoms with Gasteiger partial charge in [0.2, 0.25) is 10.0 Å². The Hall–Kier alpha value is -2.42. The van der Waals surface area contributed by atoms with Crippen molar-refractivity contribution < 1.29 is 22.7 Å². The Labute approximate surface area is 177 Å². The van der Waals surface area contributed by atoms with Crippen molar-refractivity contribution in [2.24, 2.45) is 5.92 Å². The fourth-order valence-electron chi connectivity index (χ4n) is 3.00. The monoisotopic (exact) mass is 432 g/mol. The van der Waals surface area contributed by atoms with E-state index < -0.39 is 10.0 Å². The minimum absolute atomic E-state index is 0.0707. The molecule has 1 unspecified atom stereocenters. The molecular formula is C22H28N2O5S. The first kappa shape index (κ1) is 22.3. The molecule has 0 bridgehead atoms. The van der Waals surface area contributed by atoms with E-state index in [9.17, 15) is 13.2 Å². The SMILES string of the molecule is CC(C)COc1cccc(C(=O)Nc2ccc(S(=O)(=O)NCC3CCCO3)cc2)c1. The molecule has 0 spiro atoms. The quantitative estimate of drug-likeness (QED) is 0.633. The summed E-state index contributed by atoms with van der Waals surface area (Å²) in [5, 5.41) is 2.78. The number of nitrogens with one attached hydrogen (secondary N) is 2. The number of carbonyl (C=O) groups is 1. The first-order chi connectivity index (χ1) is 14.3. The van der Waals surface area contributed by atoms with E-state index in [-0.39, 0.29) is 23.5 Å². The zero-order valence-electron chi connectivity index (χ0n) is 17.3. The van der Waals surface area contributed by atoms with Crippen LogP contribution in [0.1, 0.15) is 37.0 Å². The Bertz CT molecular complexity index is 952. The average Bonchev–Trinajstić information content (AvgIpc) is 3.25. The van der Waals surface area contributed by atoms with Crippen LogP contribution in [0.25, 0.3) is 0 Å². The molecule has 1 aliphatic heterocycles. The summed E-state index contributed by atoms with van der Waals surface area (Å²) in [4.78, 5) is 12.7. The first-order valence-electron chi connectivity index (χ1n) is 10.1. The lowest BCUT2D eigenvalue weighted by molar-refractivity contribution is 0.102. The lowest BCUT2D eigenvalue weighted by Gasteiger charge is -2.12. The topological polar surface area (TPSA) is 93.7 Å². The molecule has 2 aromatic rings. The molecule has 8 heteroatoms. The standard InChI is InChI=1S/C22H28N2O5S/c1-16(2)15-29-19-6-3-5-17(13-19)22(25)24-18-8-10-21(11-9-18)30(26,27)23-14-20-7-4-12-28-20/h3,5-6,8-11,13,16,20,23H,4,7,12,14-15H2,1-2H3,(H,24,25). The molecule has 2 aromatic carbocycles. The summed E-state index contributed by atoms with van der Waals surface area (Å²) < 4.78 is 38.5. The van der Waals surface area contributed by atoms with E-state index in [0.29, 0.717) is 36.1 Å². The van der Waals surface area contributed by atoms with E-state index in [4.69, 9.17) is 9.47 Å². The average molecular weight is 433 g/mol. The Morgan fingerprint density at radius 3 is 2.63 bits per heavy atom. The minimum atomic E-state index is -3.62. The highest BCUT2D eigenvalue weighted by Crippen LogP contribution is 2.18.